The second-order valence-electron chi connectivity index (χ2n) is 5.07. The number of fused-ring (bicyclic) bond motifs is 1. The van der Waals surface area contributed by atoms with Crippen molar-refractivity contribution < 1.29 is 0 Å². The molecule has 2 heterocycles. The number of anilines is 2. The molecule has 0 aliphatic rings. The molecule has 104 valence electrons. The van der Waals surface area contributed by atoms with Crippen LogP contribution in [0.2, 0.25) is 0 Å². The van der Waals surface area contributed by atoms with Crippen molar-refractivity contribution in [2.24, 2.45) is 11.8 Å². The van der Waals surface area contributed by atoms with Crippen LogP contribution in [-0.2, 0) is 0 Å². The van der Waals surface area contributed by atoms with E-state index in [-0.39, 0.29) is 0 Å². The first kappa shape index (κ1) is 13.6. The van der Waals surface area contributed by atoms with Gasteiger partial charge in [0.25, 0.3) is 0 Å². The highest BCUT2D eigenvalue weighted by molar-refractivity contribution is 5.65. The molecule has 6 nitrogen and oxygen atoms in total. The maximum absolute atomic E-state index is 5.44. The molecule has 0 aliphatic heterocycles. The molecule has 0 radical (unpaired) electrons. The molecule has 6 heteroatoms. The first-order valence-corrected chi connectivity index (χ1v) is 6.70. The van der Waals surface area contributed by atoms with E-state index >= 15 is 0 Å². The lowest BCUT2D eigenvalue weighted by molar-refractivity contribution is 0.483. The van der Waals surface area contributed by atoms with Crippen molar-refractivity contribution in [3.05, 3.63) is 18.6 Å². The van der Waals surface area contributed by atoms with Crippen LogP contribution in [0.1, 0.15) is 33.6 Å². The van der Waals surface area contributed by atoms with Gasteiger partial charge in [0.15, 0.2) is 17.3 Å². The van der Waals surface area contributed by atoms with Gasteiger partial charge in [0, 0.05) is 18.4 Å². The number of hydrazine groups is 1. The van der Waals surface area contributed by atoms with Crippen molar-refractivity contribution in [3.63, 3.8) is 0 Å². The number of nitrogens with two attached hydrogens (primary N) is 1. The molecule has 0 amide bonds. The summed E-state index contributed by atoms with van der Waals surface area (Å²) < 4.78 is 1.90. The molecule has 0 bridgehead atoms. The lowest BCUT2D eigenvalue weighted by Gasteiger charge is -2.18. The quantitative estimate of drug-likeness (QED) is 0.549. The average molecular weight is 262 g/mol. The Morgan fingerprint density at radius 3 is 2.89 bits per heavy atom. The van der Waals surface area contributed by atoms with Crippen LogP contribution in [0.25, 0.3) is 5.65 Å². The fourth-order valence-corrected chi connectivity index (χ4v) is 2.16. The van der Waals surface area contributed by atoms with E-state index in [1.165, 1.54) is 6.42 Å². The minimum atomic E-state index is 0.343. The molecule has 4 N–H and O–H groups in total. The molecule has 2 rings (SSSR count). The SMILES string of the molecule is CCC(C)CC(C)Nc1nc(NN)cn2ccnc12. The fraction of sp³-hybridized carbons (Fsp3) is 0.538. The van der Waals surface area contributed by atoms with Crippen LogP contribution in [0.15, 0.2) is 18.6 Å². The van der Waals surface area contributed by atoms with E-state index in [0.29, 0.717) is 17.8 Å². The predicted molar refractivity (Wildman–Crippen MR) is 78.0 cm³/mol. The second-order valence-corrected chi connectivity index (χ2v) is 5.07. The third-order valence-corrected chi connectivity index (χ3v) is 3.36. The van der Waals surface area contributed by atoms with Crippen molar-refractivity contribution >= 4 is 17.3 Å². The van der Waals surface area contributed by atoms with Crippen LogP contribution < -0.4 is 16.6 Å². The molecule has 2 aromatic rings. The number of nitrogens with one attached hydrogen (secondary N) is 2. The summed E-state index contributed by atoms with van der Waals surface area (Å²) in [6.45, 7) is 6.63. The molecule has 0 aromatic carbocycles. The van der Waals surface area contributed by atoms with Crippen LogP contribution in [0.5, 0.6) is 0 Å². The van der Waals surface area contributed by atoms with Gasteiger partial charge in [-0.25, -0.2) is 15.8 Å². The average Bonchev–Trinajstić information content (AvgIpc) is 2.86. The first-order chi connectivity index (χ1) is 9.13. The summed E-state index contributed by atoms with van der Waals surface area (Å²) in [5, 5.41) is 3.42. The standard InChI is InChI=1S/C13H22N6/c1-4-9(2)7-10(3)16-12-13-15-5-6-19(13)8-11(17-12)18-14/h5-6,8-10,18H,4,7,14H2,1-3H3,(H,16,17). The fourth-order valence-electron chi connectivity index (χ4n) is 2.16. The first-order valence-electron chi connectivity index (χ1n) is 6.70. The van der Waals surface area contributed by atoms with E-state index in [1.54, 1.807) is 6.20 Å². The summed E-state index contributed by atoms with van der Waals surface area (Å²) in [7, 11) is 0. The summed E-state index contributed by atoms with van der Waals surface area (Å²) in [6.07, 6.45) is 7.73. The molecule has 0 spiro atoms. The summed E-state index contributed by atoms with van der Waals surface area (Å²) >= 11 is 0. The number of nitrogens with zero attached hydrogens (tertiary/aromatic N) is 3. The lowest BCUT2D eigenvalue weighted by Crippen LogP contribution is -2.20. The molecule has 19 heavy (non-hydrogen) atoms. The van der Waals surface area contributed by atoms with Gasteiger partial charge in [-0.05, 0) is 19.3 Å². The normalized spacial score (nSPS) is 14.3. The van der Waals surface area contributed by atoms with E-state index in [4.69, 9.17) is 5.84 Å². The third kappa shape index (κ3) is 3.14. The Labute approximate surface area is 113 Å². The van der Waals surface area contributed by atoms with E-state index in [2.05, 4.69) is 41.5 Å². The monoisotopic (exact) mass is 262 g/mol. The molecule has 0 aliphatic carbocycles. The van der Waals surface area contributed by atoms with Gasteiger partial charge in [-0.3, -0.25) is 0 Å². The Morgan fingerprint density at radius 1 is 1.42 bits per heavy atom. The van der Waals surface area contributed by atoms with Crippen LogP contribution in [0.3, 0.4) is 0 Å². The van der Waals surface area contributed by atoms with E-state index in [0.717, 1.165) is 17.9 Å². The highest BCUT2D eigenvalue weighted by atomic mass is 15.3. The smallest absolute Gasteiger partial charge is 0.180 e. The predicted octanol–water partition coefficient (Wildman–Crippen LogP) is 2.25. The van der Waals surface area contributed by atoms with Crippen LogP contribution in [-0.4, -0.2) is 20.4 Å². The highest BCUT2D eigenvalue weighted by Crippen LogP contribution is 2.19. The van der Waals surface area contributed by atoms with Gasteiger partial charge in [-0.15, -0.1) is 0 Å². The second kappa shape index (κ2) is 5.88. The Morgan fingerprint density at radius 2 is 2.21 bits per heavy atom. The van der Waals surface area contributed by atoms with Crippen molar-refractivity contribution in [3.8, 4) is 0 Å². The number of rotatable bonds is 6. The van der Waals surface area contributed by atoms with Gasteiger partial charge in [0.05, 0.1) is 6.20 Å². The van der Waals surface area contributed by atoms with Crippen LogP contribution >= 0.6 is 0 Å². The third-order valence-electron chi connectivity index (χ3n) is 3.36. The van der Waals surface area contributed by atoms with Gasteiger partial charge in [-0.1, -0.05) is 20.3 Å². The molecule has 2 atom stereocenters. The topological polar surface area (TPSA) is 80.3 Å². The summed E-state index contributed by atoms with van der Waals surface area (Å²) in [5.74, 6) is 7.50. The largest absolute Gasteiger partial charge is 0.364 e. The van der Waals surface area contributed by atoms with E-state index in [9.17, 15) is 0 Å². The maximum Gasteiger partial charge on any atom is 0.180 e. The van der Waals surface area contributed by atoms with Gasteiger partial charge in [0.1, 0.15) is 0 Å². The number of imidazole rings is 1. The maximum atomic E-state index is 5.44. The van der Waals surface area contributed by atoms with E-state index < -0.39 is 0 Å². The molecule has 0 fully saturated rings. The molecular formula is C13H22N6. The molecular weight excluding hydrogens is 240 g/mol. The molecule has 2 unspecified atom stereocenters. The number of aromatic nitrogens is 3. The van der Waals surface area contributed by atoms with Gasteiger partial charge >= 0.3 is 0 Å². The summed E-state index contributed by atoms with van der Waals surface area (Å²) in [5.41, 5.74) is 3.39. The van der Waals surface area contributed by atoms with Crippen molar-refractivity contribution in [2.45, 2.75) is 39.7 Å². The van der Waals surface area contributed by atoms with Crippen molar-refractivity contribution in [2.75, 3.05) is 10.7 Å². The summed E-state index contributed by atoms with van der Waals surface area (Å²) in [6, 6.07) is 0.343. The minimum absolute atomic E-state index is 0.343. The molecule has 0 saturated heterocycles. The minimum Gasteiger partial charge on any atom is -0.364 e. The van der Waals surface area contributed by atoms with Gasteiger partial charge in [0.2, 0.25) is 0 Å². The Bertz CT molecular complexity index is 535. The van der Waals surface area contributed by atoms with Crippen LogP contribution in [0.4, 0.5) is 11.6 Å². The summed E-state index contributed by atoms with van der Waals surface area (Å²) in [4.78, 5) is 8.75. The van der Waals surface area contributed by atoms with Crippen molar-refractivity contribution in [1.82, 2.24) is 14.4 Å². The number of hydrogen-bond donors (Lipinski definition) is 3. The van der Waals surface area contributed by atoms with Crippen LogP contribution in [0, 0.1) is 5.92 Å². The Hall–Kier alpha value is -1.82. The zero-order valence-electron chi connectivity index (χ0n) is 11.7. The van der Waals surface area contributed by atoms with Gasteiger partial charge in [-0.2, -0.15) is 0 Å². The molecule has 0 saturated carbocycles. The highest BCUT2D eigenvalue weighted by Gasteiger charge is 2.12. The van der Waals surface area contributed by atoms with Crippen molar-refractivity contribution in [1.29, 1.82) is 0 Å². The number of nitrogen functional groups attached to an aromatic ring is 1. The number of hydrogen-bond acceptors (Lipinski definition) is 5. The van der Waals surface area contributed by atoms with E-state index in [1.807, 2.05) is 16.8 Å². The van der Waals surface area contributed by atoms with Gasteiger partial charge < -0.3 is 15.1 Å². The zero-order chi connectivity index (χ0) is 13.8. The Balaban J connectivity index is 2.21. The zero-order valence-corrected chi connectivity index (χ0v) is 11.7. The lowest BCUT2D eigenvalue weighted by atomic mass is 10.0. The Kier molecular flexibility index (Phi) is 4.21. The molecule has 2 aromatic heterocycles.